The minimum absolute atomic E-state index is 0.0573. The molecule has 1 saturated heterocycles. The van der Waals surface area contributed by atoms with Crippen LogP contribution in [0.2, 0.25) is 0 Å². The highest BCUT2D eigenvalue weighted by molar-refractivity contribution is 5.88. The van der Waals surface area contributed by atoms with E-state index in [1.165, 1.54) is 0 Å². The Kier molecular flexibility index (Phi) is 6.60. The van der Waals surface area contributed by atoms with Gasteiger partial charge in [-0.1, -0.05) is 48.5 Å². The number of hydrogen-bond donors (Lipinski definition) is 1. The van der Waals surface area contributed by atoms with Crippen molar-refractivity contribution in [2.75, 3.05) is 26.5 Å². The molecule has 1 heterocycles. The highest BCUT2D eigenvalue weighted by Crippen LogP contribution is 2.25. The number of carbonyl (C=O) groups is 1. The highest BCUT2D eigenvalue weighted by Gasteiger charge is 2.48. The maximum Gasteiger partial charge on any atom is 0.266 e. The van der Waals surface area contributed by atoms with Crippen molar-refractivity contribution in [3.05, 3.63) is 66.2 Å². The van der Waals surface area contributed by atoms with Gasteiger partial charge in [0.05, 0.1) is 13.2 Å². The Balaban J connectivity index is 1.47. The van der Waals surface area contributed by atoms with Crippen LogP contribution in [0.4, 0.5) is 0 Å². The Morgan fingerprint density at radius 1 is 0.962 bits per heavy atom. The summed E-state index contributed by atoms with van der Waals surface area (Å²) in [6.07, 6.45) is -0.543. The SMILES string of the molecule is NCCN1C(=O)[C@@H](Oc2ccccc2)[C@H]1COCOCc1ccccc1. The fraction of sp³-hybridized carbons (Fsp3) is 0.350. The van der Waals surface area contributed by atoms with Gasteiger partial charge in [0.25, 0.3) is 5.91 Å². The standard InChI is InChI=1S/C20H24N2O4/c21-11-12-22-18(14-25-15-24-13-16-7-3-1-4-8-16)19(20(22)23)26-17-9-5-2-6-10-17/h1-10,18-19H,11-15,21H2/t18-,19+/m1/s1. The quantitative estimate of drug-likeness (QED) is 0.399. The van der Waals surface area contributed by atoms with Crippen molar-refractivity contribution in [1.82, 2.24) is 4.90 Å². The van der Waals surface area contributed by atoms with Gasteiger partial charge in [-0.3, -0.25) is 4.79 Å². The Morgan fingerprint density at radius 3 is 2.35 bits per heavy atom. The van der Waals surface area contributed by atoms with Crippen LogP contribution in [0.1, 0.15) is 5.56 Å². The third-order valence-electron chi connectivity index (χ3n) is 4.22. The maximum atomic E-state index is 12.3. The molecule has 0 aromatic heterocycles. The van der Waals surface area contributed by atoms with Crippen LogP contribution < -0.4 is 10.5 Å². The van der Waals surface area contributed by atoms with Crippen LogP contribution in [0.5, 0.6) is 5.75 Å². The van der Waals surface area contributed by atoms with Gasteiger partial charge in [-0.05, 0) is 17.7 Å². The van der Waals surface area contributed by atoms with Gasteiger partial charge in [0, 0.05) is 13.1 Å². The number of benzene rings is 2. The number of ether oxygens (including phenoxy) is 3. The largest absolute Gasteiger partial charge is 0.478 e. The van der Waals surface area contributed by atoms with Gasteiger partial charge in [0.1, 0.15) is 18.6 Å². The predicted octanol–water partition coefficient (Wildman–Crippen LogP) is 1.79. The minimum atomic E-state index is -0.543. The molecule has 3 rings (SSSR count). The second kappa shape index (κ2) is 9.33. The second-order valence-electron chi connectivity index (χ2n) is 6.06. The number of amides is 1. The fourth-order valence-electron chi connectivity index (χ4n) is 2.90. The maximum absolute atomic E-state index is 12.3. The molecule has 138 valence electrons. The molecule has 0 unspecified atom stereocenters. The van der Waals surface area contributed by atoms with Gasteiger partial charge in [0.15, 0.2) is 6.10 Å². The number of nitrogens with two attached hydrogens (primary N) is 1. The molecule has 0 radical (unpaired) electrons. The summed E-state index contributed by atoms with van der Waals surface area (Å²) in [4.78, 5) is 14.0. The van der Waals surface area contributed by atoms with Crippen molar-refractivity contribution in [3.8, 4) is 5.75 Å². The lowest BCUT2D eigenvalue weighted by molar-refractivity contribution is -0.172. The molecule has 2 aromatic rings. The summed E-state index contributed by atoms with van der Waals surface area (Å²) in [5.74, 6) is 0.613. The average Bonchev–Trinajstić information content (AvgIpc) is 2.69. The Labute approximate surface area is 153 Å². The molecule has 1 aliphatic rings. The summed E-state index contributed by atoms with van der Waals surface area (Å²) in [7, 11) is 0. The zero-order chi connectivity index (χ0) is 18.2. The molecular weight excluding hydrogens is 332 g/mol. The number of para-hydroxylation sites is 1. The first kappa shape index (κ1) is 18.4. The van der Waals surface area contributed by atoms with E-state index in [2.05, 4.69) is 0 Å². The number of nitrogens with zero attached hydrogens (tertiary/aromatic N) is 1. The molecule has 6 nitrogen and oxygen atoms in total. The first-order chi connectivity index (χ1) is 12.8. The Bertz CT molecular complexity index is 681. The Hall–Kier alpha value is -2.41. The van der Waals surface area contributed by atoms with Crippen LogP contribution in [0.25, 0.3) is 0 Å². The van der Waals surface area contributed by atoms with Crippen LogP contribution in [-0.4, -0.2) is 49.4 Å². The van der Waals surface area contributed by atoms with E-state index in [-0.39, 0.29) is 18.7 Å². The molecule has 0 aliphatic carbocycles. The number of carbonyl (C=O) groups excluding carboxylic acids is 1. The normalized spacial score (nSPS) is 19.3. The van der Waals surface area contributed by atoms with Gasteiger partial charge in [-0.2, -0.15) is 0 Å². The summed E-state index contributed by atoms with van der Waals surface area (Å²) in [5, 5.41) is 0. The lowest BCUT2D eigenvalue weighted by Crippen LogP contribution is -2.69. The van der Waals surface area contributed by atoms with E-state index in [4.69, 9.17) is 19.9 Å². The van der Waals surface area contributed by atoms with Crippen molar-refractivity contribution in [2.24, 2.45) is 5.73 Å². The first-order valence-electron chi connectivity index (χ1n) is 8.71. The molecule has 2 aromatic carbocycles. The van der Waals surface area contributed by atoms with E-state index < -0.39 is 6.10 Å². The summed E-state index contributed by atoms with van der Waals surface area (Å²) >= 11 is 0. The van der Waals surface area contributed by atoms with Crippen molar-refractivity contribution in [3.63, 3.8) is 0 Å². The molecule has 0 bridgehead atoms. The zero-order valence-corrected chi connectivity index (χ0v) is 14.6. The molecule has 1 fully saturated rings. The van der Waals surface area contributed by atoms with Crippen molar-refractivity contribution in [1.29, 1.82) is 0 Å². The minimum Gasteiger partial charge on any atom is -0.478 e. The molecule has 1 aliphatic heterocycles. The van der Waals surface area contributed by atoms with E-state index in [0.717, 1.165) is 5.56 Å². The molecule has 2 N–H and O–H groups in total. The number of rotatable bonds is 10. The molecule has 2 atom stereocenters. The third-order valence-corrected chi connectivity index (χ3v) is 4.22. The van der Waals surface area contributed by atoms with E-state index in [0.29, 0.717) is 32.1 Å². The monoisotopic (exact) mass is 356 g/mol. The van der Waals surface area contributed by atoms with Crippen molar-refractivity contribution < 1.29 is 19.0 Å². The van der Waals surface area contributed by atoms with E-state index in [1.54, 1.807) is 4.90 Å². The second-order valence-corrected chi connectivity index (χ2v) is 6.06. The molecule has 6 heteroatoms. The molecular formula is C20H24N2O4. The molecule has 1 amide bonds. The van der Waals surface area contributed by atoms with Gasteiger partial charge in [-0.15, -0.1) is 0 Å². The van der Waals surface area contributed by atoms with Crippen LogP contribution in [-0.2, 0) is 20.9 Å². The molecule has 26 heavy (non-hydrogen) atoms. The van der Waals surface area contributed by atoms with Crippen LogP contribution >= 0.6 is 0 Å². The first-order valence-corrected chi connectivity index (χ1v) is 8.71. The van der Waals surface area contributed by atoms with Gasteiger partial charge in [0.2, 0.25) is 0 Å². The smallest absolute Gasteiger partial charge is 0.266 e. The van der Waals surface area contributed by atoms with Crippen LogP contribution in [0, 0.1) is 0 Å². The van der Waals surface area contributed by atoms with Gasteiger partial charge >= 0.3 is 0 Å². The lowest BCUT2D eigenvalue weighted by atomic mass is 9.98. The van der Waals surface area contributed by atoms with Crippen LogP contribution in [0.15, 0.2) is 60.7 Å². The van der Waals surface area contributed by atoms with Gasteiger partial charge < -0.3 is 24.8 Å². The third kappa shape index (κ3) is 4.60. The molecule has 0 spiro atoms. The van der Waals surface area contributed by atoms with Crippen molar-refractivity contribution in [2.45, 2.75) is 18.8 Å². The van der Waals surface area contributed by atoms with E-state index in [1.807, 2.05) is 60.7 Å². The van der Waals surface area contributed by atoms with Crippen molar-refractivity contribution >= 4 is 5.91 Å². The van der Waals surface area contributed by atoms with E-state index in [9.17, 15) is 4.79 Å². The predicted molar refractivity (Wildman–Crippen MR) is 97.5 cm³/mol. The average molecular weight is 356 g/mol. The highest BCUT2D eigenvalue weighted by atomic mass is 16.7. The summed E-state index contributed by atoms with van der Waals surface area (Å²) in [6, 6.07) is 19.1. The van der Waals surface area contributed by atoms with Crippen LogP contribution in [0.3, 0.4) is 0 Å². The van der Waals surface area contributed by atoms with Gasteiger partial charge in [-0.25, -0.2) is 0 Å². The summed E-state index contributed by atoms with van der Waals surface area (Å²) in [5.41, 5.74) is 6.69. The summed E-state index contributed by atoms with van der Waals surface area (Å²) in [6.45, 7) is 1.89. The number of β-lactam (4-membered cyclic amide) rings is 1. The summed E-state index contributed by atoms with van der Waals surface area (Å²) < 4.78 is 17.0. The topological polar surface area (TPSA) is 74.0 Å². The fourth-order valence-corrected chi connectivity index (χ4v) is 2.90. The zero-order valence-electron chi connectivity index (χ0n) is 14.6. The lowest BCUT2D eigenvalue weighted by Gasteiger charge is -2.46. The molecule has 0 saturated carbocycles. The van der Waals surface area contributed by atoms with E-state index >= 15 is 0 Å². The Morgan fingerprint density at radius 2 is 1.65 bits per heavy atom. The number of likely N-dealkylation sites (tertiary alicyclic amines) is 1. The number of hydrogen-bond acceptors (Lipinski definition) is 5.